The predicted molar refractivity (Wildman–Crippen MR) is 179 cm³/mol. The van der Waals surface area contributed by atoms with Crippen LogP contribution in [0.25, 0.3) is 22.3 Å². The van der Waals surface area contributed by atoms with Crippen LogP contribution in [0.4, 0.5) is 15.8 Å². The van der Waals surface area contributed by atoms with Gasteiger partial charge in [-0.05, 0) is 110 Å². The van der Waals surface area contributed by atoms with Gasteiger partial charge in [0.25, 0.3) is 5.91 Å². The Morgan fingerprint density at radius 2 is 1.46 bits per heavy atom. The van der Waals surface area contributed by atoms with Gasteiger partial charge in [0.15, 0.2) is 0 Å². The summed E-state index contributed by atoms with van der Waals surface area (Å²) < 4.78 is 53.1. The minimum atomic E-state index is -3.48. The Labute approximate surface area is 268 Å². The smallest absolute Gasteiger partial charge is 0.255 e. The highest BCUT2D eigenvalue weighted by Gasteiger charge is 2.22. The molecule has 6 rings (SSSR count). The molecular weight excluding hydrogens is 607 g/mol. The second-order valence-corrected chi connectivity index (χ2v) is 13.5. The molecule has 11 heteroatoms. The SMILES string of the molecule is Cc1cc(-c2cc(C(=O)Nc3ccc(O[C@@H]4CCNC4)c(-c4cccc(NS(C)(=O)=O)c4)c3)ccc2O[C@H]2CCNC2)ccc1F. The molecule has 1 amide bonds. The number of anilines is 2. The molecule has 0 aromatic heterocycles. The number of rotatable bonds is 10. The molecule has 0 saturated carbocycles. The molecule has 2 fully saturated rings. The summed E-state index contributed by atoms with van der Waals surface area (Å²) in [6.07, 6.45) is 2.83. The minimum absolute atomic E-state index is 0.00489. The summed E-state index contributed by atoms with van der Waals surface area (Å²) in [5.41, 5.74) is 4.75. The summed E-state index contributed by atoms with van der Waals surface area (Å²) >= 11 is 0. The zero-order valence-corrected chi connectivity index (χ0v) is 26.5. The van der Waals surface area contributed by atoms with E-state index in [-0.39, 0.29) is 23.9 Å². The van der Waals surface area contributed by atoms with Crippen LogP contribution in [-0.2, 0) is 10.0 Å². The molecular formula is C35H37FN4O5S. The van der Waals surface area contributed by atoms with Crippen LogP contribution in [0.1, 0.15) is 28.8 Å². The van der Waals surface area contributed by atoms with Crippen molar-refractivity contribution in [2.75, 3.05) is 42.5 Å². The summed E-state index contributed by atoms with van der Waals surface area (Å²) in [6, 6.07) is 22.6. The molecule has 0 spiro atoms. The van der Waals surface area contributed by atoms with Gasteiger partial charge >= 0.3 is 0 Å². The summed E-state index contributed by atoms with van der Waals surface area (Å²) in [5.74, 6) is 0.621. The summed E-state index contributed by atoms with van der Waals surface area (Å²) in [5, 5.41) is 9.60. The van der Waals surface area contributed by atoms with Crippen LogP contribution >= 0.6 is 0 Å². The third-order valence-electron chi connectivity index (χ3n) is 8.04. The fourth-order valence-corrected chi connectivity index (χ4v) is 6.29. The van der Waals surface area contributed by atoms with E-state index in [0.717, 1.165) is 56.4 Å². The zero-order chi connectivity index (χ0) is 32.3. The van der Waals surface area contributed by atoms with Gasteiger partial charge in [-0.15, -0.1) is 0 Å². The maximum atomic E-state index is 14.1. The Morgan fingerprint density at radius 1 is 0.804 bits per heavy atom. The number of benzene rings is 4. The molecule has 4 N–H and O–H groups in total. The number of ether oxygens (including phenoxy) is 2. The molecule has 2 heterocycles. The first-order valence-electron chi connectivity index (χ1n) is 15.3. The van der Waals surface area contributed by atoms with E-state index < -0.39 is 10.0 Å². The van der Waals surface area contributed by atoms with E-state index in [1.807, 2.05) is 18.2 Å². The molecule has 0 unspecified atom stereocenters. The third kappa shape index (κ3) is 7.67. The number of halogens is 1. The van der Waals surface area contributed by atoms with E-state index in [9.17, 15) is 17.6 Å². The highest BCUT2D eigenvalue weighted by atomic mass is 32.2. The maximum absolute atomic E-state index is 14.1. The van der Waals surface area contributed by atoms with Crippen molar-refractivity contribution in [2.24, 2.45) is 0 Å². The topological polar surface area (TPSA) is 118 Å². The molecule has 2 aliphatic heterocycles. The Hall–Kier alpha value is -4.45. The number of carbonyl (C=O) groups is 1. The number of sulfonamides is 1. The second kappa shape index (κ2) is 13.5. The van der Waals surface area contributed by atoms with Crippen molar-refractivity contribution < 1.29 is 27.1 Å². The van der Waals surface area contributed by atoms with Gasteiger partial charge < -0.3 is 25.4 Å². The number of carbonyl (C=O) groups excluding carboxylic acids is 1. The van der Waals surface area contributed by atoms with E-state index in [1.54, 1.807) is 61.5 Å². The summed E-state index contributed by atoms with van der Waals surface area (Å²) in [7, 11) is -3.48. The van der Waals surface area contributed by atoms with Gasteiger partial charge in [-0.25, -0.2) is 12.8 Å². The van der Waals surface area contributed by atoms with Crippen LogP contribution in [0.15, 0.2) is 78.9 Å². The second-order valence-electron chi connectivity index (χ2n) is 11.8. The lowest BCUT2D eigenvalue weighted by Gasteiger charge is -2.19. The molecule has 0 aliphatic carbocycles. The first-order chi connectivity index (χ1) is 22.1. The average Bonchev–Trinajstić information content (AvgIpc) is 3.74. The largest absolute Gasteiger partial charge is 0.488 e. The Morgan fingerprint density at radius 3 is 2.09 bits per heavy atom. The van der Waals surface area contributed by atoms with E-state index in [1.165, 1.54) is 6.07 Å². The Bertz CT molecular complexity index is 1850. The summed E-state index contributed by atoms with van der Waals surface area (Å²) in [4.78, 5) is 13.7. The number of hydrogen-bond donors (Lipinski definition) is 4. The van der Waals surface area contributed by atoms with Crippen LogP contribution in [-0.4, -0.2) is 59.0 Å². The Balaban J connectivity index is 1.31. The number of hydrogen-bond acceptors (Lipinski definition) is 7. The number of aryl methyl sites for hydroxylation is 1. The van der Waals surface area contributed by atoms with Crippen molar-refractivity contribution in [3.63, 3.8) is 0 Å². The molecule has 0 bridgehead atoms. The van der Waals surface area contributed by atoms with Gasteiger partial charge in [-0.3, -0.25) is 9.52 Å². The lowest BCUT2D eigenvalue weighted by atomic mass is 9.99. The molecule has 240 valence electrons. The minimum Gasteiger partial charge on any atom is -0.488 e. The highest BCUT2D eigenvalue weighted by molar-refractivity contribution is 7.92. The number of nitrogens with one attached hydrogen (secondary N) is 4. The predicted octanol–water partition coefficient (Wildman–Crippen LogP) is 5.57. The standard InChI is InChI=1S/C35H37FN4O5S/c1-22-16-24(6-9-32(22)36)30-18-25(7-10-33(30)44-28-12-14-37-20-28)35(41)39-26-8-11-34(45-29-13-15-38-21-29)31(19-26)23-4-3-5-27(17-23)40-46(2,42)43/h3-11,16-19,28-29,37-38,40H,12-15,20-21H2,1-2H3,(H,39,41)/t28-,29+/m0/s1. The average molecular weight is 645 g/mol. The summed E-state index contributed by atoms with van der Waals surface area (Å²) in [6.45, 7) is 4.90. The van der Waals surface area contributed by atoms with E-state index >= 15 is 0 Å². The van der Waals surface area contributed by atoms with Gasteiger partial charge in [-0.1, -0.05) is 18.2 Å². The van der Waals surface area contributed by atoms with Crippen LogP contribution in [0.3, 0.4) is 0 Å². The fraction of sp³-hybridized carbons (Fsp3) is 0.286. The first kappa shape index (κ1) is 31.5. The normalized spacial score (nSPS) is 17.9. The Kier molecular flexibility index (Phi) is 9.25. The molecule has 46 heavy (non-hydrogen) atoms. The molecule has 0 radical (unpaired) electrons. The van der Waals surface area contributed by atoms with Gasteiger partial charge in [0.2, 0.25) is 10.0 Å². The lowest BCUT2D eigenvalue weighted by Crippen LogP contribution is -2.20. The maximum Gasteiger partial charge on any atom is 0.255 e. The first-order valence-corrected chi connectivity index (χ1v) is 17.2. The van der Waals surface area contributed by atoms with Crippen molar-refractivity contribution >= 4 is 27.3 Å². The van der Waals surface area contributed by atoms with Crippen molar-refractivity contribution in [3.8, 4) is 33.8 Å². The van der Waals surface area contributed by atoms with Crippen LogP contribution in [0, 0.1) is 12.7 Å². The van der Waals surface area contributed by atoms with Crippen LogP contribution in [0.5, 0.6) is 11.5 Å². The molecule has 2 aliphatic rings. The highest BCUT2D eigenvalue weighted by Crippen LogP contribution is 2.37. The molecule has 4 aromatic carbocycles. The fourth-order valence-electron chi connectivity index (χ4n) is 5.73. The van der Waals surface area contributed by atoms with Crippen LogP contribution in [0.2, 0.25) is 0 Å². The molecule has 2 saturated heterocycles. The monoisotopic (exact) mass is 644 g/mol. The molecule has 4 aromatic rings. The van der Waals surface area contributed by atoms with E-state index in [2.05, 4.69) is 20.7 Å². The van der Waals surface area contributed by atoms with Crippen molar-refractivity contribution in [1.29, 1.82) is 0 Å². The third-order valence-corrected chi connectivity index (χ3v) is 8.65. The van der Waals surface area contributed by atoms with Gasteiger partial charge in [0.05, 0.1) is 6.26 Å². The molecule has 9 nitrogen and oxygen atoms in total. The van der Waals surface area contributed by atoms with Gasteiger partial charge in [-0.2, -0.15) is 0 Å². The van der Waals surface area contributed by atoms with Gasteiger partial charge in [0, 0.05) is 41.2 Å². The van der Waals surface area contributed by atoms with Crippen molar-refractivity contribution in [2.45, 2.75) is 32.0 Å². The van der Waals surface area contributed by atoms with Crippen LogP contribution < -0.4 is 30.1 Å². The van der Waals surface area contributed by atoms with Crippen molar-refractivity contribution in [3.05, 3.63) is 95.8 Å². The van der Waals surface area contributed by atoms with E-state index in [4.69, 9.17) is 9.47 Å². The van der Waals surface area contributed by atoms with Gasteiger partial charge in [0.1, 0.15) is 29.5 Å². The molecule has 2 atom stereocenters. The quantitative estimate of drug-likeness (QED) is 0.178. The lowest BCUT2D eigenvalue weighted by molar-refractivity contribution is 0.102. The van der Waals surface area contributed by atoms with E-state index in [0.29, 0.717) is 45.1 Å². The number of amides is 1. The zero-order valence-electron chi connectivity index (χ0n) is 25.7. The van der Waals surface area contributed by atoms with Crippen molar-refractivity contribution in [1.82, 2.24) is 10.6 Å².